The van der Waals surface area contributed by atoms with Crippen LogP contribution in [0.5, 0.6) is 0 Å². The van der Waals surface area contributed by atoms with E-state index in [9.17, 15) is 9.59 Å². The van der Waals surface area contributed by atoms with Crippen molar-refractivity contribution >= 4 is 17.5 Å². The number of carboxylic acid groups (broad SMARTS) is 2. The molecule has 0 radical (unpaired) electrons. The van der Waals surface area contributed by atoms with Gasteiger partial charge in [-0.15, -0.1) is 0 Å². The summed E-state index contributed by atoms with van der Waals surface area (Å²) < 4.78 is 0. The highest BCUT2D eigenvalue weighted by Crippen LogP contribution is 2.24. The molecule has 1 aromatic rings. The average Bonchev–Trinajstić information content (AvgIpc) is 2.35. The smallest absolute Gasteiger partial charge is 0.335 e. The van der Waals surface area contributed by atoms with E-state index in [4.69, 9.17) is 10.2 Å². The second-order valence-electron chi connectivity index (χ2n) is 3.85. The Kier molecular flexibility index (Phi) is 4.66. The monoisotopic (exact) mass is 248 g/mol. The lowest BCUT2D eigenvalue weighted by atomic mass is 9.95. The first-order chi connectivity index (χ1) is 8.51. The van der Waals surface area contributed by atoms with Crippen molar-refractivity contribution < 1.29 is 19.8 Å². The highest BCUT2D eigenvalue weighted by atomic mass is 16.4. The fraction of sp³-hybridized carbons (Fsp3) is 0.286. The first kappa shape index (κ1) is 14.0. The van der Waals surface area contributed by atoms with Crippen molar-refractivity contribution in [1.29, 1.82) is 0 Å². The summed E-state index contributed by atoms with van der Waals surface area (Å²) in [5.41, 5.74) is 2.09. The van der Waals surface area contributed by atoms with Gasteiger partial charge in [0.15, 0.2) is 0 Å². The van der Waals surface area contributed by atoms with Gasteiger partial charge in [-0.25, -0.2) is 9.59 Å². The summed E-state index contributed by atoms with van der Waals surface area (Å²) in [6.07, 6.45) is 1.04. The molecule has 0 unspecified atom stereocenters. The first-order valence-electron chi connectivity index (χ1n) is 5.80. The highest BCUT2D eigenvalue weighted by molar-refractivity contribution is 5.96. The third kappa shape index (κ3) is 2.97. The lowest BCUT2D eigenvalue weighted by Crippen LogP contribution is -2.04. The van der Waals surface area contributed by atoms with E-state index >= 15 is 0 Å². The molecule has 0 saturated heterocycles. The van der Waals surface area contributed by atoms with E-state index < -0.39 is 11.9 Å². The van der Waals surface area contributed by atoms with Gasteiger partial charge in [0.1, 0.15) is 0 Å². The van der Waals surface area contributed by atoms with Crippen LogP contribution in [0.4, 0.5) is 0 Å². The molecule has 1 aromatic carbocycles. The number of benzene rings is 1. The Morgan fingerprint density at radius 3 is 1.78 bits per heavy atom. The van der Waals surface area contributed by atoms with E-state index in [1.54, 1.807) is 19.1 Å². The first-order valence-corrected chi connectivity index (χ1v) is 5.80. The van der Waals surface area contributed by atoms with Crippen molar-refractivity contribution in [3.63, 3.8) is 0 Å². The van der Waals surface area contributed by atoms with Crippen LogP contribution in [0.3, 0.4) is 0 Å². The van der Waals surface area contributed by atoms with E-state index in [0.29, 0.717) is 18.4 Å². The molecule has 2 N–H and O–H groups in total. The number of allylic oxidation sites excluding steroid dienone is 1. The largest absolute Gasteiger partial charge is 0.478 e. The van der Waals surface area contributed by atoms with E-state index in [1.165, 1.54) is 12.1 Å². The van der Waals surface area contributed by atoms with Gasteiger partial charge in [0.05, 0.1) is 5.56 Å². The number of carboxylic acids is 2. The van der Waals surface area contributed by atoms with Gasteiger partial charge < -0.3 is 10.2 Å². The average molecular weight is 248 g/mol. The summed E-state index contributed by atoms with van der Waals surface area (Å²) in [5.74, 6) is -1.91. The van der Waals surface area contributed by atoms with Gasteiger partial charge in [0, 0.05) is 5.57 Å². The lowest BCUT2D eigenvalue weighted by Gasteiger charge is -2.10. The lowest BCUT2D eigenvalue weighted by molar-refractivity contribution is -0.132. The number of hydrogen-bond acceptors (Lipinski definition) is 2. The minimum absolute atomic E-state index is 0.197. The quantitative estimate of drug-likeness (QED) is 0.785. The van der Waals surface area contributed by atoms with Crippen LogP contribution in [-0.4, -0.2) is 22.2 Å². The zero-order valence-electron chi connectivity index (χ0n) is 10.4. The molecule has 0 aliphatic carbocycles. The van der Waals surface area contributed by atoms with Crippen molar-refractivity contribution in [1.82, 2.24) is 0 Å². The predicted octanol–water partition coefficient (Wildman–Crippen LogP) is 3.04. The van der Waals surface area contributed by atoms with E-state index in [0.717, 1.165) is 11.1 Å². The van der Waals surface area contributed by atoms with Crippen molar-refractivity contribution in [2.75, 3.05) is 0 Å². The molecular weight excluding hydrogens is 232 g/mol. The molecule has 96 valence electrons. The van der Waals surface area contributed by atoms with Crippen LogP contribution in [0, 0.1) is 0 Å². The Morgan fingerprint density at radius 2 is 1.44 bits per heavy atom. The summed E-state index contributed by atoms with van der Waals surface area (Å²) >= 11 is 0. The summed E-state index contributed by atoms with van der Waals surface area (Å²) in [6, 6.07) is 6.28. The van der Waals surface area contributed by atoms with E-state index in [-0.39, 0.29) is 5.56 Å². The minimum atomic E-state index is -0.988. The zero-order chi connectivity index (χ0) is 13.7. The van der Waals surface area contributed by atoms with Gasteiger partial charge in [0.25, 0.3) is 0 Å². The number of rotatable bonds is 5. The number of aliphatic carboxylic acids is 1. The molecule has 4 nitrogen and oxygen atoms in total. The molecule has 0 heterocycles. The van der Waals surface area contributed by atoms with Crippen LogP contribution in [0.25, 0.3) is 5.57 Å². The van der Waals surface area contributed by atoms with Crippen LogP contribution in [-0.2, 0) is 4.79 Å². The maximum Gasteiger partial charge on any atom is 0.335 e. The van der Waals surface area contributed by atoms with Crippen molar-refractivity contribution in [3.05, 3.63) is 41.0 Å². The van der Waals surface area contributed by atoms with Crippen LogP contribution in [0.1, 0.15) is 42.6 Å². The van der Waals surface area contributed by atoms with Crippen LogP contribution < -0.4 is 0 Å². The second kappa shape index (κ2) is 6.00. The minimum Gasteiger partial charge on any atom is -0.478 e. The molecule has 1 rings (SSSR count). The third-order valence-corrected chi connectivity index (χ3v) is 2.81. The predicted molar refractivity (Wildman–Crippen MR) is 68.5 cm³/mol. The number of hydrogen-bond donors (Lipinski definition) is 2. The zero-order valence-corrected chi connectivity index (χ0v) is 10.4. The topological polar surface area (TPSA) is 74.6 Å². The molecule has 0 fully saturated rings. The summed E-state index contributed by atoms with van der Waals surface area (Å²) in [6.45, 7) is 3.68. The molecule has 0 bridgehead atoms. The van der Waals surface area contributed by atoms with Gasteiger partial charge in [-0.2, -0.15) is 0 Å². The summed E-state index contributed by atoms with van der Waals surface area (Å²) in [4.78, 5) is 21.9. The van der Waals surface area contributed by atoms with Crippen LogP contribution in [0.15, 0.2) is 29.8 Å². The van der Waals surface area contributed by atoms with E-state index in [1.807, 2.05) is 6.92 Å². The van der Waals surface area contributed by atoms with Crippen LogP contribution in [0.2, 0.25) is 0 Å². The molecule has 0 aromatic heterocycles. The van der Waals surface area contributed by atoms with Crippen molar-refractivity contribution in [3.8, 4) is 0 Å². The summed E-state index contributed by atoms with van der Waals surface area (Å²) in [5, 5.41) is 17.9. The Balaban J connectivity index is 3.25. The van der Waals surface area contributed by atoms with Crippen molar-refractivity contribution in [2.24, 2.45) is 0 Å². The van der Waals surface area contributed by atoms with E-state index in [2.05, 4.69) is 0 Å². The molecule has 4 heteroatoms. The molecule has 0 aliphatic rings. The maximum atomic E-state index is 11.1. The Bertz CT molecular complexity index is 483. The standard InChI is InChI=1S/C14H16O4/c1-3-11(12(4-2)14(17)18)9-5-7-10(8-6-9)13(15)16/h5-8H,3-4H2,1-2H3,(H,15,16)(H,17,18). The fourth-order valence-corrected chi connectivity index (χ4v) is 1.90. The summed E-state index contributed by atoms with van der Waals surface area (Å²) in [7, 11) is 0. The Morgan fingerprint density at radius 1 is 0.944 bits per heavy atom. The van der Waals surface area contributed by atoms with Gasteiger partial charge in [-0.05, 0) is 36.1 Å². The SMILES string of the molecule is CCC(C(=O)O)=C(CC)c1ccc(C(=O)O)cc1. The third-order valence-electron chi connectivity index (χ3n) is 2.81. The van der Waals surface area contributed by atoms with Gasteiger partial charge in [-0.1, -0.05) is 26.0 Å². The number of aromatic carboxylic acids is 1. The van der Waals surface area contributed by atoms with Crippen molar-refractivity contribution in [2.45, 2.75) is 26.7 Å². The van der Waals surface area contributed by atoms with Gasteiger partial charge >= 0.3 is 11.9 Å². The molecule has 0 atom stereocenters. The molecular formula is C14H16O4. The Hall–Kier alpha value is -2.10. The van der Waals surface area contributed by atoms with Gasteiger partial charge in [-0.3, -0.25) is 0 Å². The molecule has 0 amide bonds. The second-order valence-corrected chi connectivity index (χ2v) is 3.85. The Labute approximate surface area is 106 Å². The highest BCUT2D eigenvalue weighted by Gasteiger charge is 2.13. The maximum absolute atomic E-state index is 11.1. The van der Waals surface area contributed by atoms with Gasteiger partial charge in [0.2, 0.25) is 0 Å². The van der Waals surface area contributed by atoms with Crippen LogP contribution >= 0.6 is 0 Å². The molecule has 0 saturated carbocycles. The normalized spacial score (nSPS) is 11.9. The molecule has 0 aliphatic heterocycles. The fourth-order valence-electron chi connectivity index (χ4n) is 1.90. The number of carbonyl (C=O) groups is 2. The molecule has 18 heavy (non-hydrogen) atoms. The molecule has 0 spiro atoms.